The predicted octanol–water partition coefficient (Wildman–Crippen LogP) is 2.92. The largest absolute Gasteiger partial charge is 0.456 e. The summed E-state index contributed by atoms with van der Waals surface area (Å²) in [5.41, 5.74) is 4.39. The fourth-order valence-electron chi connectivity index (χ4n) is 4.51. The maximum atomic E-state index is 11.8. The van der Waals surface area contributed by atoms with Gasteiger partial charge in [-0.3, -0.25) is 4.72 Å². The van der Waals surface area contributed by atoms with Crippen LogP contribution in [0.4, 0.5) is 5.82 Å². The van der Waals surface area contributed by atoms with E-state index in [-0.39, 0.29) is 30.9 Å². The van der Waals surface area contributed by atoms with Crippen LogP contribution in [-0.2, 0) is 19.2 Å². The molecule has 0 spiro atoms. The summed E-state index contributed by atoms with van der Waals surface area (Å²) in [4.78, 5) is 16.5. The number of aromatic amines is 1. The van der Waals surface area contributed by atoms with Crippen LogP contribution in [0.25, 0.3) is 33.5 Å². The number of aliphatic hydroxyl groups is 1. The minimum Gasteiger partial charge on any atom is -0.456 e. The van der Waals surface area contributed by atoms with Gasteiger partial charge in [-0.1, -0.05) is 35.9 Å². The summed E-state index contributed by atoms with van der Waals surface area (Å²) in [6.45, 7) is 0.533. The summed E-state index contributed by atoms with van der Waals surface area (Å²) in [6, 6.07) is 13.5. The number of anilines is 1. The zero-order valence-corrected chi connectivity index (χ0v) is 21.3. The smallest absolute Gasteiger partial charge is 0.296 e. The highest BCUT2D eigenvalue weighted by Crippen LogP contribution is 2.33. The number of hydrogen-bond acceptors (Lipinski definition) is 8. The molecule has 6 rings (SSSR count). The minimum atomic E-state index is -2.39. The molecule has 3 N–H and O–H groups in total. The zero-order chi connectivity index (χ0) is 25.7. The molecule has 5 atom stereocenters. The predicted molar refractivity (Wildman–Crippen MR) is 142 cm³/mol. The second-order valence-corrected chi connectivity index (χ2v) is 11.8. The topological polar surface area (TPSA) is 131 Å². The van der Waals surface area contributed by atoms with E-state index in [0.717, 1.165) is 16.7 Å². The molecule has 0 saturated carbocycles. The lowest BCUT2D eigenvalue weighted by Gasteiger charge is -2.15. The maximum absolute atomic E-state index is 11.8. The van der Waals surface area contributed by atoms with Crippen LogP contribution in [0.5, 0.6) is 6.01 Å². The van der Waals surface area contributed by atoms with Gasteiger partial charge in [0, 0.05) is 33.3 Å². The molecule has 1 aromatic carbocycles. The lowest BCUT2D eigenvalue weighted by Crippen LogP contribution is -2.34. The fourth-order valence-corrected chi connectivity index (χ4v) is 5.33. The van der Waals surface area contributed by atoms with Crippen LogP contribution in [0.15, 0.2) is 48.7 Å². The lowest BCUT2D eigenvalue weighted by molar-refractivity contribution is 0.00706. The highest BCUT2D eigenvalue weighted by atomic mass is 35.5. The van der Waals surface area contributed by atoms with Crippen LogP contribution < -0.4 is 9.46 Å². The van der Waals surface area contributed by atoms with Crippen molar-refractivity contribution in [3.8, 4) is 28.4 Å². The Bertz CT molecular complexity index is 1560. The molecule has 2 aliphatic rings. The van der Waals surface area contributed by atoms with Crippen molar-refractivity contribution in [1.29, 1.82) is 0 Å². The van der Waals surface area contributed by atoms with Crippen molar-refractivity contribution in [3.63, 3.8) is 0 Å². The van der Waals surface area contributed by atoms with Crippen LogP contribution in [0.3, 0.4) is 0 Å². The molecule has 0 amide bonds. The molecule has 2 saturated heterocycles. The third kappa shape index (κ3) is 4.88. The number of nitrogens with zero attached hydrogens (tertiary/aromatic N) is 3. The van der Waals surface area contributed by atoms with Crippen molar-refractivity contribution in [1.82, 2.24) is 19.9 Å². The van der Waals surface area contributed by atoms with Gasteiger partial charge in [-0.15, -0.1) is 0 Å². The molecule has 0 radical (unpaired) electrons. The van der Waals surface area contributed by atoms with Crippen LogP contribution in [-0.4, -0.2) is 79.0 Å². The highest BCUT2D eigenvalue weighted by molar-refractivity contribution is 8.00. The van der Waals surface area contributed by atoms with Crippen LogP contribution in [0.2, 0.25) is 5.02 Å². The van der Waals surface area contributed by atoms with Crippen molar-refractivity contribution in [3.05, 3.63) is 53.7 Å². The number of aliphatic hydroxyl groups excluding tert-OH is 1. The lowest BCUT2D eigenvalue weighted by atomic mass is 10.0. The monoisotopic (exact) mass is 541 g/mol. The number of benzene rings is 1. The number of ether oxygens (including phenoxy) is 3. The summed E-state index contributed by atoms with van der Waals surface area (Å²) >= 11 is 6.57. The molecule has 2 aliphatic heterocycles. The Morgan fingerprint density at radius 1 is 1.11 bits per heavy atom. The van der Waals surface area contributed by atoms with E-state index < -0.39 is 15.8 Å². The molecule has 10 nitrogen and oxygen atoms in total. The van der Waals surface area contributed by atoms with E-state index in [2.05, 4.69) is 30.5 Å². The SMILES string of the molecule is C=S(C)(=O)Nc1ccc(-c2ccc(-c3nc4nc(OC5COC6C(O)COC56)[nH]c4cc3Cl)cc2)cn1. The van der Waals surface area contributed by atoms with Gasteiger partial charge in [-0.05, 0) is 29.6 Å². The zero-order valence-electron chi connectivity index (χ0n) is 19.8. The number of nitrogens with one attached hydrogen (secondary N) is 2. The Balaban J connectivity index is 1.21. The van der Waals surface area contributed by atoms with Crippen molar-refractivity contribution in [2.45, 2.75) is 24.4 Å². The van der Waals surface area contributed by atoms with Gasteiger partial charge in [-0.2, -0.15) is 4.98 Å². The number of H-pyrrole nitrogens is 1. The van der Waals surface area contributed by atoms with Crippen molar-refractivity contribution < 1.29 is 23.5 Å². The number of pyridine rings is 2. The number of rotatable bonds is 6. The van der Waals surface area contributed by atoms with Crippen molar-refractivity contribution in [2.75, 3.05) is 24.2 Å². The molecule has 4 aromatic rings. The average molecular weight is 542 g/mol. The summed E-state index contributed by atoms with van der Waals surface area (Å²) in [5.74, 6) is 4.08. The molecule has 2 fully saturated rings. The van der Waals surface area contributed by atoms with Crippen LogP contribution in [0.1, 0.15) is 0 Å². The van der Waals surface area contributed by atoms with Gasteiger partial charge in [0.2, 0.25) is 0 Å². The fraction of sp³-hybridized carbons (Fsp3) is 0.280. The Kier molecular flexibility index (Phi) is 6.04. The maximum Gasteiger partial charge on any atom is 0.296 e. The number of imidazole rings is 1. The van der Waals surface area contributed by atoms with E-state index in [0.29, 0.717) is 34.3 Å². The Morgan fingerprint density at radius 2 is 1.84 bits per heavy atom. The Morgan fingerprint density at radius 3 is 2.57 bits per heavy atom. The number of hydrogen-bond donors (Lipinski definition) is 3. The summed E-state index contributed by atoms with van der Waals surface area (Å²) in [6.07, 6.45) is 1.48. The molecule has 3 aromatic heterocycles. The van der Waals surface area contributed by atoms with Crippen molar-refractivity contribution >= 4 is 44.2 Å². The highest BCUT2D eigenvalue weighted by Gasteiger charge is 2.48. The van der Waals surface area contributed by atoms with Gasteiger partial charge in [0.25, 0.3) is 6.01 Å². The molecule has 0 bridgehead atoms. The molecular weight excluding hydrogens is 518 g/mol. The third-order valence-corrected chi connectivity index (χ3v) is 7.15. The molecule has 5 heterocycles. The van der Waals surface area contributed by atoms with E-state index in [1.807, 2.05) is 30.3 Å². The van der Waals surface area contributed by atoms with Gasteiger partial charge >= 0.3 is 0 Å². The number of aromatic nitrogens is 4. The molecule has 0 aliphatic carbocycles. The van der Waals surface area contributed by atoms with Gasteiger partial charge < -0.3 is 24.3 Å². The van der Waals surface area contributed by atoms with Crippen molar-refractivity contribution in [2.24, 2.45) is 0 Å². The third-order valence-electron chi connectivity index (χ3n) is 6.23. The van der Waals surface area contributed by atoms with Gasteiger partial charge in [0.15, 0.2) is 11.8 Å². The van der Waals surface area contributed by atoms with E-state index in [9.17, 15) is 9.32 Å². The first-order valence-corrected chi connectivity index (χ1v) is 14.1. The molecule has 37 heavy (non-hydrogen) atoms. The Hall–Kier alpha value is -3.22. The first-order valence-electron chi connectivity index (χ1n) is 11.5. The first kappa shape index (κ1) is 24.1. The normalized spacial score (nSPS) is 24.6. The van der Waals surface area contributed by atoms with Crippen LogP contribution in [0, 0.1) is 0 Å². The quantitative estimate of drug-likeness (QED) is 0.318. The molecule has 192 valence electrons. The average Bonchev–Trinajstić information content (AvgIpc) is 3.55. The van der Waals surface area contributed by atoms with Gasteiger partial charge in [0.1, 0.15) is 24.1 Å². The number of fused-ring (bicyclic) bond motifs is 2. The van der Waals surface area contributed by atoms with Gasteiger partial charge in [-0.25, -0.2) is 14.2 Å². The number of halogens is 1. The summed E-state index contributed by atoms with van der Waals surface area (Å²) in [7, 11) is -2.39. The van der Waals surface area contributed by atoms with E-state index in [1.54, 1.807) is 18.3 Å². The van der Waals surface area contributed by atoms with Gasteiger partial charge in [0.05, 0.1) is 29.4 Å². The molecule has 12 heteroatoms. The first-order chi connectivity index (χ1) is 17.7. The summed E-state index contributed by atoms with van der Waals surface area (Å²) in [5, 5.41) is 10.4. The molecular formula is C25H24ClN5O5S. The second-order valence-electron chi connectivity index (χ2n) is 9.17. The second kappa shape index (κ2) is 9.26. The minimum absolute atomic E-state index is 0.228. The molecule has 5 unspecified atom stereocenters. The van der Waals surface area contributed by atoms with E-state index in [4.69, 9.17) is 25.8 Å². The summed E-state index contributed by atoms with van der Waals surface area (Å²) < 4.78 is 31.8. The van der Waals surface area contributed by atoms with Crippen LogP contribution >= 0.6 is 11.6 Å². The van der Waals surface area contributed by atoms with E-state index >= 15 is 0 Å². The van der Waals surface area contributed by atoms with E-state index in [1.165, 1.54) is 6.26 Å². The standard InChI is InChI=1S/C25H24ClN5O5S/c1-37(2,33)31-20-8-7-15(10-27-20)13-3-5-14(6-4-13)21-16(26)9-17-24(29-21)30-25(28-17)36-19-12-35-22-18(32)11-34-23(19)22/h3-10,18-19,22-23,32H,1,11-12H2,2H3,(H,27,31,33)(H,28,29,30). The Labute approximate surface area is 218 Å².